The molecule has 3 amide bonds. The van der Waals surface area contributed by atoms with Gasteiger partial charge in [0.25, 0.3) is 0 Å². The lowest BCUT2D eigenvalue weighted by Crippen LogP contribution is -2.59. The highest BCUT2D eigenvalue weighted by atomic mass is 19.1. The van der Waals surface area contributed by atoms with Gasteiger partial charge in [-0.25, -0.2) is 18.8 Å². The number of amides is 3. The van der Waals surface area contributed by atoms with Crippen LogP contribution in [-0.4, -0.2) is 54.5 Å². The molecule has 192 valence electrons. The number of carbonyl (C=O) groups excluding carboxylic acids is 4. The first-order valence-electron chi connectivity index (χ1n) is 11.6. The van der Waals surface area contributed by atoms with Gasteiger partial charge >= 0.3 is 24.1 Å². The quantitative estimate of drug-likeness (QED) is 0.393. The van der Waals surface area contributed by atoms with E-state index in [4.69, 9.17) is 14.2 Å². The molecule has 0 aliphatic heterocycles. The number of alkyl carbamates (subject to hydrolysis) is 1. The lowest BCUT2D eigenvalue weighted by molar-refractivity contribution is -0.153. The largest absolute Gasteiger partial charge is 0.466 e. The van der Waals surface area contributed by atoms with E-state index >= 15 is 0 Å². The van der Waals surface area contributed by atoms with Gasteiger partial charge in [0.1, 0.15) is 17.0 Å². The predicted molar refractivity (Wildman–Crippen MR) is 123 cm³/mol. The number of nitrogens with one attached hydrogen (secondary N) is 3. The molecule has 0 saturated heterocycles. The first kappa shape index (κ1) is 26.2. The van der Waals surface area contributed by atoms with Crippen LogP contribution in [0.2, 0.25) is 0 Å². The second kappa shape index (κ2) is 10.1. The van der Waals surface area contributed by atoms with Gasteiger partial charge in [-0.2, -0.15) is 0 Å². The third-order valence-electron chi connectivity index (χ3n) is 6.01. The Balaban J connectivity index is 1.87. The monoisotopic (exact) mass is 493 g/mol. The molecule has 0 spiro atoms. The van der Waals surface area contributed by atoms with Crippen LogP contribution < -0.4 is 16.0 Å². The van der Waals surface area contributed by atoms with Gasteiger partial charge in [-0.15, -0.1) is 0 Å². The summed E-state index contributed by atoms with van der Waals surface area (Å²) in [6.45, 7) is 8.49. The number of ether oxygens (including phenoxy) is 3. The Kier molecular flexibility index (Phi) is 7.56. The van der Waals surface area contributed by atoms with Crippen LogP contribution in [0.1, 0.15) is 41.0 Å². The molecule has 2 saturated carbocycles. The highest BCUT2D eigenvalue weighted by molar-refractivity contribution is 5.93. The predicted octanol–water partition coefficient (Wildman–Crippen LogP) is 2.97. The zero-order valence-corrected chi connectivity index (χ0v) is 20.5. The molecular weight excluding hydrogens is 461 g/mol. The fraction of sp³-hybridized carbons (Fsp3) is 0.583. The van der Waals surface area contributed by atoms with E-state index < -0.39 is 64.8 Å². The standard InChI is InChI=1S/C24H32FN3O7/c1-6-33-19(29)17-16-15(27-21(31)26-14-11-9-8-10-13(14)25)12-24(18(16)17,20(30)34-7-2)28-22(32)35-23(3,4)5/h8-11,15-18H,6-7,12H2,1-5H3,(H,28,32)(H2,26,27,31). The van der Waals surface area contributed by atoms with Crippen LogP contribution in [0, 0.1) is 23.6 Å². The Bertz CT molecular complexity index is 996. The van der Waals surface area contributed by atoms with E-state index in [1.165, 1.54) is 18.2 Å². The van der Waals surface area contributed by atoms with Crippen molar-refractivity contribution in [3.63, 3.8) is 0 Å². The molecule has 3 rings (SSSR count). The van der Waals surface area contributed by atoms with Crippen molar-refractivity contribution in [2.75, 3.05) is 18.5 Å². The number of rotatable bonds is 7. The molecule has 2 aliphatic rings. The molecule has 5 atom stereocenters. The van der Waals surface area contributed by atoms with Gasteiger partial charge in [-0.1, -0.05) is 12.1 Å². The van der Waals surface area contributed by atoms with E-state index in [9.17, 15) is 23.6 Å². The Hall–Kier alpha value is -3.37. The van der Waals surface area contributed by atoms with Crippen molar-refractivity contribution in [2.24, 2.45) is 17.8 Å². The third kappa shape index (κ3) is 5.66. The highest BCUT2D eigenvalue weighted by Gasteiger charge is 2.76. The summed E-state index contributed by atoms with van der Waals surface area (Å²) in [7, 11) is 0. The molecule has 2 aliphatic carbocycles. The van der Waals surface area contributed by atoms with E-state index in [0.717, 1.165) is 0 Å². The fourth-order valence-corrected chi connectivity index (χ4v) is 4.82. The molecule has 0 heterocycles. The van der Waals surface area contributed by atoms with Crippen LogP contribution in [0.5, 0.6) is 0 Å². The molecule has 0 bridgehead atoms. The number of hydrogen-bond donors (Lipinski definition) is 3. The van der Waals surface area contributed by atoms with Gasteiger partial charge in [0, 0.05) is 18.4 Å². The minimum atomic E-state index is -1.61. The maximum absolute atomic E-state index is 14.0. The summed E-state index contributed by atoms with van der Waals surface area (Å²) in [5.74, 6) is -3.81. The summed E-state index contributed by atoms with van der Waals surface area (Å²) >= 11 is 0. The molecule has 35 heavy (non-hydrogen) atoms. The number of para-hydroxylation sites is 1. The normalized spacial score (nSPS) is 26.7. The van der Waals surface area contributed by atoms with Gasteiger partial charge in [0.2, 0.25) is 0 Å². The van der Waals surface area contributed by atoms with Crippen molar-refractivity contribution in [1.82, 2.24) is 10.6 Å². The zero-order valence-electron chi connectivity index (χ0n) is 20.5. The number of anilines is 1. The lowest BCUT2D eigenvalue weighted by Gasteiger charge is -2.33. The minimum absolute atomic E-state index is 0.0270. The van der Waals surface area contributed by atoms with Crippen molar-refractivity contribution >= 4 is 29.8 Å². The van der Waals surface area contributed by atoms with Crippen LogP contribution in [0.4, 0.5) is 19.7 Å². The fourth-order valence-electron chi connectivity index (χ4n) is 4.82. The van der Waals surface area contributed by atoms with Gasteiger partial charge in [0.15, 0.2) is 0 Å². The Morgan fingerprint density at radius 2 is 1.74 bits per heavy atom. The second-order valence-corrected chi connectivity index (χ2v) is 9.59. The van der Waals surface area contributed by atoms with Crippen LogP contribution >= 0.6 is 0 Å². The number of fused-ring (bicyclic) bond motifs is 1. The summed E-state index contributed by atoms with van der Waals surface area (Å²) in [6, 6.07) is 4.24. The maximum atomic E-state index is 14.0. The average Bonchev–Trinajstić information content (AvgIpc) is 3.42. The molecule has 1 aromatic carbocycles. The summed E-state index contributed by atoms with van der Waals surface area (Å²) in [4.78, 5) is 51.2. The van der Waals surface area contributed by atoms with Gasteiger partial charge in [-0.05, 0) is 52.7 Å². The number of benzene rings is 1. The molecule has 0 aromatic heterocycles. The lowest BCUT2D eigenvalue weighted by atomic mass is 9.89. The SMILES string of the molecule is CCOC(=O)C1C2C(NC(=O)Nc3ccccc3F)CC(NC(=O)OC(C)(C)C)(C(=O)OCC)C12. The number of hydrogen-bond acceptors (Lipinski definition) is 7. The Labute approximate surface area is 203 Å². The van der Waals surface area contributed by atoms with Crippen molar-refractivity contribution < 1.29 is 37.8 Å². The molecule has 10 nitrogen and oxygen atoms in total. The first-order chi connectivity index (χ1) is 16.4. The molecule has 3 N–H and O–H groups in total. The van der Waals surface area contributed by atoms with E-state index in [1.807, 2.05) is 0 Å². The summed E-state index contributed by atoms with van der Waals surface area (Å²) in [5, 5.41) is 7.79. The van der Waals surface area contributed by atoms with Gasteiger partial charge in [0.05, 0.1) is 24.8 Å². The van der Waals surface area contributed by atoms with Crippen molar-refractivity contribution in [1.29, 1.82) is 0 Å². The molecular formula is C24H32FN3O7. The molecule has 5 unspecified atom stereocenters. The van der Waals surface area contributed by atoms with Gasteiger partial charge < -0.3 is 30.2 Å². The Morgan fingerprint density at radius 3 is 2.34 bits per heavy atom. The van der Waals surface area contributed by atoms with Crippen molar-refractivity contribution in [3.8, 4) is 0 Å². The van der Waals surface area contributed by atoms with Crippen LogP contribution in [0.15, 0.2) is 24.3 Å². The van der Waals surface area contributed by atoms with E-state index in [2.05, 4.69) is 16.0 Å². The summed E-state index contributed by atoms with van der Waals surface area (Å²) in [5.41, 5.74) is -2.48. The third-order valence-corrected chi connectivity index (χ3v) is 6.01. The zero-order chi connectivity index (χ0) is 26.0. The first-order valence-corrected chi connectivity index (χ1v) is 11.6. The average molecular weight is 494 g/mol. The summed E-state index contributed by atoms with van der Waals surface area (Å²) in [6.07, 6.45) is -0.892. The minimum Gasteiger partial charge on any atom is -0.466 e. The van der Waals surface area contributed by atoms with E-state index in [-0.39, 0.29) is 25.3 Å². The Morgan fingerprint density at radius 1 is 1.09 bits per heavy atom. The van der Waals surface area contributed by atoms with E-state index in [1.54, 1.807) is 40.7 Å². The summed E-state index contributed by atoms with van der Waals surface area (Å²) < 4.78 is 29.8. The van der Waals surface area contributed by atoms with Gasteiger partial charge in [-0.3, -0.25) is 4.79 Å². The molecule has 0 radical (unpaired) electrons. The van der Waals surface area contributed by atoms with Crippen LogP contribution in [-0.2, 0) is 23.8 Å². The maximum Gasteiger partial charge on any atom is 0.408 e. The van der Waals surface area contributed by atoms with E-state index in [0.29, 0.717) is 0 Å². The van der Waals surface area contributed by atoms with Crippen molar-refractivity contribution in [3.05, 3.63) is 30.1 Å². The molecule has 1 aromatic rings. The number of esters is 2. The topological polar surface area (TPSA) is 132 Å². The number of urea groups is 1. The van der Waals surface area contributed by atoms with Crippen LogP contribution in [0.3, 0.4) is 0 Å². The number of halogens is 1. The second-order valence-electron chi connectivity index (χ2n) is 9.59. The molecule has 2 fully saturated rings. The molecule has 11 heteroatoms. The van der Waals surface area contributed by atoms with Crippen LogP contribution in [0.25, 0.3) is 0 Å². The highest BCUT2D eigenvalue weighted by Crippen LogP contribution is 2.63. The number of carbonyl (C=O) groups is 4. The van der Waals surface area contributed by atoms with Crippen molar-refractivity contribution in [2.45, 2.75) is 58.2 Å². The smallest absolute Gasteiger partial charge is 0.408 e.